The summed E-state index contributed by atoms with van der Waals surface area (Å²) in [6, 6.07) is 15.4. The van der Waals surface area contributed by atoms with Gasteiger partial charge >= 0.3 is 6.03 Å². The molecule has 37 heavy (non-hydrogen) atoms. The maximum absolute atomic E-state index is 14.0. The summed E-state index contributed by atoms with van der Waals surface area (Å²) in [6.45, 7) is 5.84. The number of hydrogen-bond donors (Lipinski definition) is 1. The van der Waals surface area contributed by atoms with E-state index >= 15 is 0 Å². The molecule has 3 heterocycles. The number of likely N-dealkylation sites (tertiary alicyclic amines) is 1. The molecule has 3 aliphatic heterocycles. The Hall–Kier alpha value is -3.81. The molecule has 3 aliphatic rings. The van der Waals surface area contributed by atoms with E-state index in [1.165, 1.54) is 4.90 Å². The van der Waals surface area contributed by atoms with Gasteiger partial charge in [-0.25, -0.2) is 4.79 Å². The van der Waals surface area contributed by atoms with E-state index in [9.17, 15) is 14.4 Å². The minimum absolute atomic E-state index is 0.0103. The van der Waals surface area contributed by atoms with Crippen molar-refractivity contribution in [3.8, 4) is 11.5 Å². The summed E-state index contributed by atoms with van der Waals surface area (Å²) in [4.78, 5) is 45.5. The Morgan fingerprint density at radius 3 is 2.43 bits per heavy atom. The molecule has 1 saturated heterocycles. The van der Waals surface area contributed by atoms with Crippen LogP contribution in [-0.4, -0.2) is 65.3 Å². The first-order valence-corrected chi connectivity index (χ1v) is 13.0. The number of nitrogens with zero attached hydrogens (tertiary/aromatic N) is 3. The summed E-state index contributed by atoms with van der Waals surface area (Å²) in [7, 11) is 1.67. The van der Waals surface area contributed by atoms with Gasteiger partial charge in [0.1, 0.15) is 17.5 Å². The van der Waals surface area contributed by atoms with Gasteiger partial charge in [0.05, 0.1) is 23.9 Å². The highest BCUT2D eigenvalue weighted by molar-refractivity contribution is 6.03. The number of likely N-dealkylation sites (N-methyl/N-ethyl adjacent to an activating group) is 1. The third kappa shape index (κ3) is 4.92. The second-order valence-electron chi connectivity index (χ2n) is 10.4. The minimum atomic E-state index is -0.628. The number of carbonyl (C=O) groups excluding carboxylic acids is 3. The van der Waals surface area contributed by atoms with Crippen LogP contribution in [0.1, 0.15) is 44.7 Å². The number of rotatable bonds is 7. The maximum atomic E-state index is 14.0. The number of carbonyl (C=O) groups is 3. The molecule has 0 spiro atoms. The fraction of sp³-hybridized carbons (Fsp3) is 0.414. The average molecular weight is 503 g/mol. The molecule has 2 aromatic rings. The Balaban J connectivity index is 1.46. The van der Waals surface area contributed by atoms with Crippen molar-refractivity contribution in [1.29, 1.82) is 0 Å². The van der Waals surface area contributed by atoms with Crippen molar-refractivity contribution < 1.29 is 19.1 Å². The molecule has 0 bridgehead atoms. The highest BCUT2D eigenvalue weighted by atomic mass is 16.5. The van der Waals surface area contributed by atoms with Crippen LogP contribution in [-0.2, 0) is 9.59 Å². The first-order valence-electron chi connectivity index (χ1n) is 13.0. The van der Waals surface area contributed by atoms with Crippen molar-refractivity contribution >= 4 is 17.8 Å². The highest BCUT2D eigenvalue weighted by Crippen LogP contribution is 2.38. The zero-order valence-electron chi connectivity index (χ0n) is 21.6. The molecular formula is C29H34N4O4. The minimum Gasteiger partial charge on any atom is -0.457 e. The summed E-state index contributed by atoms with van der Waals surface area (Å²) < 4.78 is 6.00. The molecule has 8 nitrogen and oxygen atoms in total. The molecule has 0 radical (unpaired) electrons. The van der Waals surface area contributed by atoms with E-state index in [2.05, 4.69) is 19.2 Å². The van der Waals surface area contributed by atoms with Crippen molar-refractivity contribution in [3.63, 3.8) is 0 Å². The Morgan fingerprint density at radius 1 is 1.03 bits per heavy atom. The lowest BCUT2D eigenvalue weighted by Gasteiger charge is -2.32. The second kappa shape index (κ2) is 10.3. The fourth-order valence-electron chi connectivity index (χ4n) is 5.43. The van der Waals surface area contributed by atoms with Gasteiger partial charge in [0.15, 0.2) is 0 Å². The molecule has 1 N–H and O–H groups in total. The van der Waals surface area contributed by atoms with Crippen molar-refractivity contribution in [2.45, 2.75) is 45.2 Å². The monoisotopic (exact) mass is 502 g/mol. The van der Waals surface area contributed by atoms with E-state index in [-0.39, 0.29) is 30.3 Å². The van der Waals surface area contributed by atoms with Gasteiger partial charge in [0.25, 0.3) is 5.91 Å². The lowest BCUT2D eigenvalue weighted by Crippen LogP contribution is -2.50. The fourth-order valence-corrected chi connectivity index (χ4v) is 5.43. The van der Waals surface area contributed by atoms with E-state index in [0.29, 0.717) is 29.2 Å². The first kappa shape index (κ1) is 24.9. The standard InChI is InChI=1S/C29H34N4O4/c1-19(2)16-23(27(34)32-14-7-8-15-32)33-18-24-25(28(33)35)26(30-29(36)31(24)3)20-10-9-13-22(17-20)37-21-11-5-4-6-12-21/h4-6,9-13,17,19,23,26H,7-8,14-16,18H2,1-3H3,(H,30,36). The van der Waals surface area contributed by atoms with Crippen LogP contribution in [0.5, 0.6) is 11.5 Å². The largest absolute Gasteiger partial charge is 0.457 e. The van der Waals surface area contributed by atoms with Crippen LogP contribution in [0.4, 0.5) is 4.79 Å². The number of urea groups is 1. The van der Waals surface area contributed by atoms with Gasteiger partial charge in [-0.15, -0.1) is 0 Å². The number of nitrogens with one attached hydrogen (secondary N) is 1. The van der Waals surface area contributed by atoms with Crippen molar-refractivity contribution in [1.82, 2.24) is 20.0 Å². The summed E-state index contributed by atoms with van der Waals surface area (Å²) >= 11 is 0. The molecule has 2 unspecified atom stereocenters. The van der Waals surface area contributed by atoms with E-state index in [4.69, 9.17) is 4.74 Å². The van der Waals surface area contributed by atoms with Crippen LogP contribution >= 0.6 is 0 Å². The van der Waals surface area contributed by atoms with Crippen molar-refractivity contribution in [2.75, 3.05) is 26.7 Å². The number of benzene rings is 2. The topological polar surface area (TPSA) is 82.2 Å². The lowest BCUT2D eigenvalue weighted by molar-refractivity contribution is -0.142. The smallest absolute Gasteiger partial charge is 0.322 e. The zero-order valence-corrected chi connectivity index (χ0v) is 21.6. The maximum Gasteiger partial charge on any atom is 0.322 e. The SMILES string of the molecule is CC(C)CC(C(=O)N1CCCC1)N1CC2=C(C1=O)C(c1cccc(Oc3ccccc3)c1)NC(=O)N2C. The van der Waals surface area contributed by atoms with Gasteiger partial charge in [0, 0.05) is 20.1 Å². The molecule has 2 aromatic carbocycles. The first-order chi connectivity index (χ1) is 17.8. The summed E-state index contributed by atoms with van der Waals surface area (Å²) in [5.41, 5.74) is 1.92. The normalized spacial score (nSPS) is 20.4. The zero-order chi connectivity index (χ0) is 26.1. The van der Waals surface area contributed by atoms with E-state index in [0.717, 1.165) is 31.5 Å². The molecule has 0 saturated carbocycles. The van der Waals surface area contributed by atoms with Gasteiger partial charge in [-0.2, -0.15) is 0 Å². The molecule has 194 valence electrons. The van der Waals surface area contributed by atoms with Gasteiger partial charge < -0.3 is 19.9 Å². The molecule has 8 heteroatoms. The van der Waals surface area contributed by atoms with E-state index < -0.39 is 12.1 Å². The predicted molar refractivity (Wildman–Crippen MR) is 140 cm³/mol. The quantitative estimate of drug-likeness (QED) is 0.612. The van der Waals surface area contributed by atoms with Gasteiger partial charge in [-0.3, -0.25) is 14.5 Å². The molecular weight excluding hydrogens is 468 g/mol. The summed E-state index contributed by atoms with van der Waals surface area (Å²) in [6.07, 6.45) is 2.57. The van der Waals surface area contributed by atoms with Crippen LogP contribution in [0, 0.1) is 5.92 Å². The number of amides is 4. The van der Waals surface area contributed by atoms with Gasteiger partial charge in [-0.1, -0.05) is 44.2 Å². The number of hydrogen-bond acceptors (Lipinski definition) is 4. The van der Waals surface area contributed by atoms with Crippen molar-refractivity contribution in [3.05, 3.63) is 71.4 Å². The third-order valence-corrected chi connectivity index (χ3v) is 7.33. The Labute approximate surface area is 217 Å². The molecule has 4 amide bonds. The second-order valence-corrected chi connectivity index (χ2v) is 10.4. The third-order valence-electron chi connectivity index (χ3n) is 7.33. The number of para-hydroxylation sites is 1. The molecule has 0 aromatic heterocycles. The predicted octanol–water partition coefficient (Wildman–Crippen LogP) is 4.31. The molecule has 2 atom stereocenters. The lowest BCUT2D eigenvalue weighted by atomic mass is 9.95. The van der Waals surface area contributed by atoms with Crippen LogP contribution in [0.25, 0.3) is 0 Å². The van der Waals surface area contributed by atoms with Crippen molar-refractivity contribution in [2.24, 2.45) is 5.92 Å². The van der Waals surface area contributed by atoms with Gasteiger partial charge in [-0.05, 0) is 55.0 Å². The Kier molecular flexibility index (Phi) is 6.91. The van der Waals surface area contributed by atoms with Crippen LogP contribution < -0.4 is 10.1 Å². The summed E-state index contributed by atoms with van der Waals surface area (Å²) in [5, 5.41) is 2.99. The van der Waals surface area contributed by atoms with E-state index in [1.54, 1.807) is 11.9 Å². The van der Waals surface area contributed by atoms with Crippen LogP contribution in [0.3, 0.4) is 0 Å². The summed E-state index contributed by atoms with van der Waals surface area (Å²) in [5.74, 6) is 1.37. The molecule has 1 fully saturated rings. The van der Waals surface area contributed by atoms with Crippen LogP contribution in [0.2, 0.25) is 0 Å². The molecule has 5 rings (SSSR count). The number of ether oxygens (including phenoxy) is 1. The Bertz CT molecular complexity index is 1220. The van der Waals surface area contributed by atoms with Gasteiger partial charge in [0.2, 0.25) is 5.91 Å². The molecule has 0 aliphatic carbocycles. The highest BCUT2D eigenvalue weighted by Gasteiger charge is 2.47. The Morgan fingerprint density at radius 2 is 1.73 bits per heavy atom. The van der Waals surface area contributed by atoms with Crippen LogP contribution in [0.15, 0.2) is 65.9 Å². The average Bonchev–Trinajstić information content (AvgIpc) is 3.54. The van der Waals surface area contributed by atoms with E-state index in [1.807, 2.05) is 59.5 Å².